The highest BCUT2D eigenvalue weighted by Crippen LogP contribution is 2.65. The number of benzene rings is 2. The molecule has 354 valence electrons. The molecule has 12 atom stereocenters. The van der Waals surface area contributed by atoms with Crippen molar-refractivity contribution in [1.29, 1.82) is 0 Å². The third-order valence-electron chi connectivity index (χ3n) is 13.8. The van der Waals surface area contributed by atoms with Crippen molar-refractivity contribution in [1.82, 2.24) is 5.32 Å². The number of aliphatic hydroxyl groups is 2. The molecule has 4 aliphatic rings. The molecular weight excluding hydrogens is 850 g/mol. The van der Waals surface area contributed by atoms with Gasteiger partial charge in [0.15, 0.2) is 11.7 Å². The van der Waals surface area contributed by atoms with E-state index in [0.29, 0.717) is 5.57 Å². The number of alkyl carbamates (subject to hydrolysis) is 1. The van der Waals surface area contributed by atoms with Gasteiger partial charge < -0.3 is 44.0 Å². The van der Waals surface area contributed by atoms with Crippen LogP contribution in [0.2, 0.25) is 0 Å². The second-order valence-electron chi connectivity index (χ2n) is 19.3. The number of esters is 4. The smallest absolute Gasteiger partial charge is 0.408 e. The lowest BCUT2D eigenvalue weighted by Gasteiger charge is -2.67. The Balaban J connectivity index is 1.55. The van der Waals surface area contributed by atoms with Gasteiger partial charge in [0.2, 0.25) is 6.10 Å². The molecule has 16 nitrogen and oxygen atoms in total. The Morgan fingerprint density at radius 1 is 0.969 bits per heavy atom. The molecule has 6 rings (SSSR count). The van der Waals surface area contributed by atoms with Crippen LogP contribution in [0.15, 0.2) is 71.8 Å². The van der Waals surface area contributed by atoms with Crippen LogP contribution in [0, 0.1) is 22.7 Å². The predicted octanol–water partition coefficient (Wildman–Crippen LogP) is 5.77. The van der Waals surface area contributed by atoms with Gasteiger partial charge in [-0.1, -0.05) is 76.2 Å². The predicted molar refractivity (Wildman–Crippen MR) is 227 cm³/mol. The molecule has 8 unspecified atom stereocenters. The van der Waals surface area contributed by atoms with E-state index >= 15 is 9.32 Å². The SMILES string of the molecule is CCC(O)C(=O)O[C@@H](C(=O)O[C@H]1CC2(O)C(OC(=O)c3ccccc3)C3C(C)(C(=O)C(C)C(=C1C)C2(C)C)C(OF)CC1OC[C@]13OC(C)=O)[C@@H](NC(=O)OC(C)(C)C)c1ccccc1. The van der Waals surface area contributed by atoms with Crippen LogP contribution in [0.25, 0.3) is 0 Å². The summed E-state index contributed by atoms with van der Waals surface area (Å²) in [6.07, 6.45) is -11.4. The Labute approximate surface area is 377 Å². The van der Waals surface area contributed by atoms with Gasteiger partial charge in [-0.2, -0.15) is 4.94 Å². The van der Waals surface area contributed by atoms with Gasteiger partial charge in [-0.05, 0) is 74.4 Å². The van der Waals surface area contributed by atoms with Gasteiger partial charge in [-0.15, -0.1) is 0 Å². The maximum Gasteiger partial charge on any atom is 0.408 e. The molecule has 0 spiro atoms. The van der Waals surface area contributed by atoms with E-state index in [-0.39, 0.29) is 36.1 Å². The molecule has 2 saturated carbocycles. The molecule has 3 fully saturated rings. The van der Waals surface area contributed by atoms with Crippen molar-refractivity contribution in [2.75, 3.05) is 6.61 Å². The number of carbonyl (C=O) groups is 6. The first-order valence-corrected chi connectivity index (χ1v) is 21.8. The van der Waals surface area contributed by atoms with E-state index in [0.717, 1.165) is 6.92 Å². The zero-order chi connectivity index (χ0) is 48.0. The van der Waals surface area contributed by atoms with Gasteiger partial charge in [0, 0.05) is 31.1 Å². The fourth-order valence-electron chi connectivity index (χ4n) is 10.6. The van der Waals surface area contributed by atoms with Crippen LogP contribution in [-0.2, 0) is 52.5 Å². The van der Waals surface area contributed by atoms with E-state index in [1.807, 2.05) is 0 Å². The lowest BCUT2D eigenvalue weighted by Crippen LogP contribution is -2.81. The van der Waals surface area contributed by atoms with E-state index < -0.39 is 124 Å². The molecule has 2 aromatic carbocycles. The van der Waals surface area contributed by atoms with Gasteiger partial charge >= 0.3 is 30.0 Å². The van der Waals surface area contributed by atoms with Crippen molar-refractivity contribution in [3.05, 3.63) is 82.9 Å². The van der Waals surface area contributed by atoms with Gasteiger partial charge in [-0.3, -0.25) is 9.59 Å². The summed E-state index contributed by atoms with van der Waals surface area (Å²) in [5.74, 6) is -7.46. The van der Waals surface area contributed by atoms with E-state index in [9.17, 15) is 34.2 Å². The summed E-state index contributed by atoms with van der Waals surface area (Å²) < 4.78 is 50.9. The lowest BCUT2D eigenvalue weighted by molar-refractivity contribution is -0.364. The van der Waals surface area contributed by atoms with Crippen LogP contribution in [0.3, 0.4) is 0 Å². The molecular formula is C48H60FNO15. The number of Topliss-reactive ketones (excluding diaryl/α,β-unsaturated/α-hetero) is 1. The van der Waals surface area contributed by atoms with Crippen molar-refractivity contribution < 1.29 is 76.9 Å². The van der Waals surface area contributed by atoms with E-state index in [1.165, 1.54) is 26.0 Å². The lowest BCUT2D eigenvalue weighted by atomic mass is 9.43. The number of hydrogen-bond donors (Lipinski definition) is 3. The summed E-state index contributed by atoms with van der Waals surface area (Å²) in [5.41, 5.74) is -7.66. The number of rotatable bonds is 12. The number of ether oxygens (including phenoxy) is 6. The Morgan fingerprint density at radius 2 is 1.58 bits per heavy atom. The van der Waals surface area contributed by atoms with E-state index in [1.54, 1.807) is 97.0 Å². The molecule has 3 aliphatic carbocycles. The molecule has 17 heteroatoms. The zero-order valence-corrected chi connectivity index (χ0v) is 38.4. The van der Waals surface area contributed by atoms with Crippen LogP contribution in [0.1, 0.15) is 110 Å². The quantitative estimate of drug-likeness (QED) is 0.131. The molecule has 65 heavy (non-hydrogen) atoms. The number of amides is 1. The molecule has 1 heterocycles. The minimum absolute atomic E-state index is 0.0588. The fraction of sp³-hybridized carbons (Fsp3) is 0.583. The summed E-state index contributed by atoms with van der Waals surface area (Å²) in [7, 11) is 0. The number of hydrogen-bond acceptors (Lipinski definition) is 15. The molecule has 1 saturated heterocycles. The monoisotopic (exact) mass is 909 g/mol. The molecule has 1 aliphatic heterocycles. The summed E-state index contributed by atoms with van der Waals surface area (Å²) in [6.45, 7) is 15.1. The van der Waals surface area contributed by atoms with Crippen LogP contribution in [0.5, 0.6) is 0 Å². The van der Waals surface area contributed by atoms with Crippen LogP contribution < -0.4 is 5.32 Å². The normalized spacial score (nSPS) is 31.7. The average Bonchev–Trinajstić information content (AvgIpc) is 3.24. The zero-order valence-electron chi connectivity index (χ0n) is 38.4. The first-order chi connectivity index (χ1) is 30.4. The number of aliphatic hydroxyl groups excluding tert-OH is 1. The minimum atomic E-state index is -2.35. The summed E-state index contributed by atoms with van der Waals surface area (Å²) in [4.78, 5) is 89.0. The molecule has 2 aromatic rings. The average molecular weight is 910 g/mol. The highest BCUT2D eigenvalue weighted by Gasteiger charge is 2.78. The Morgan fingerprint density at radius 3 is 2.12 bits per heavy atom. The van der Waals surface area contributed by atoms with Crippen molar-refractivity contribution in [2.45, 2.75) is 148 Å². The van der Waals surface area contributed by atoms with E-state index in [4.69, 9.17) is 28.4 Å². The summed E-state index contributed by atoms with van der Waals surface area (Å²) in [6, 6.07) is 14.4. The summed E-state index contributed by atoms with van der Waals surface area (Å²) >= 11 is 0. The standard InChI is InChI=1S/C48H60FNO15/c1-11-30(52)41(55)61-36(35(28-18-14-12-15-19-28)50-43(57)64-44(5,6)7)42(56)60-31-23-48(58)39(62-40(54)29-20-16-13-17-21-29)37-46(10,38(53)26(3)34(25(31)2)45(48,8)9)32(65-49)22-33-47(37,24-59-33)63-27(4)51/h12-21,26,30-33,35-37,39,52,58H,11,22-24H2,1-10H3,(H,50,57)/t26?,30?,31-,32?,33?,35-,36+,37?,39?,46?,47-,48?/m0/s1. The van der Waals surface area contributed by atoms with Crippen molar-refractivity contribution in [3.63, 3.8) is 0 Å². The first-order valence-electron chi connectivity index (χ1n) is 21.8. The third kappa shape index (κ3) is 8.79. The topological polar surface area (TPSA) is 220 Å². The van der Waals surface area contributed by atoms with Gasteiger partial charge in [0.05, 0.1) is 23.5 Å². The molecule has 1 amide bonds. The Kier molecular flexibility index (Phi) is 13.8. The van der Waals surface area contributed by atoms with E-state index in [2.05, 4.69) is 10.3 Å². The molecule has 3 N–H and O–H groups in total. The largest absolute Gasteiger partial charge is 0.455 e. The van der Waals surface area contributed by atoms with Crippen molar-refractivity contribution >= 4 is 35.8 Å². The Bertz CT molecular complexity index is 2190. The number of ketones is 1. The van der Waals surface area contributed by atoms with Gasteiger partial charge in [0.1, 0.15) is 47.4 Å². The maximum atomic E-state index is 15.4. The third-order valence-corrected chi connectivity index (χ3v) is 13.8. The van der Waals surface area contributed by atoms with Crippen LogP contribution in [-0.4, -0.2) is 106 Å². The number of nitrogens with one attached hydrogen (secondary N) is 1. The second kappa shape index (κ2) is 18.2. The minimum Gasteiger partial charge on any atom is -0.455 e. The van der Waals surface area contributed by atoms with Gasteiger partial charge in [0.25, 0.3) is 0 Å². The highest BCUT2D eigenvalue weighted by atomic mass is 19.3. The fourth-order valence-corrected chi connectivity index (χ4v) is 10.6. The maximum absolute atomic E-state index is 15.4. The first kappa shape index (κ1) is 49.2. The molecule has 0 aromatic heterocycles. The van der Waals surface area contributed by atoms with Gasteiger partial charge in [-0.25, -0.2) is 19.2 Å². The number of fused-ring (bicyclic) bond motifs is 5. The number of carbonyl (C=O) groups excluding carboxylic acids is 6. The molecule has 2 bridgehead atoms. The van der Waals surface area contributed by atoms with Crippen molar-refractivity contribution in [3.8, 4) is 0 Å². The Hall–Kier alpha value is -5.23. The number of halogens is 1. The van der Waals surface area contributed by atoms with Crippen molar-refractivity contribution in [2.24, 2.45) is 22.7 Å². The molecule has 0 radical (unpaired) electrons. The second-order valence-corrected chi connectivity index (χ2v) is 19.3. The van der Waals surface area contributed by atoms with Crippen LogP contribution >= 0.6 is 0 Å². The van der Waals surface area contributed by atoms with Crippen LogP contribution in [0.4, 0.5) is 9.32 Å². The summed E-state index contributed by atoms with van der Waals surface area (Å²) in [5, 5.41) is 26.9. The highest BCUT2D eigenvalue weighted by molar-refractivity contribution is 5.92.